The Hall–Kier alpha value is -2.44. The van der Waals surface area contributed by atoms with Crippen LogP contribution in [0.1, 0.15) is 57.8 Å². The minimum atomic E-state index is -0.0778. The topological polar surface area (TPSA) is 88.9 Å². The molecule has 7 nitrogen and oxygen atoms in total. The van der Waals surface area contributed by atoms with Crippen molar-refractivity contribution < 1.29 is 4.79 Å². The summed E-state index contributed by atoms with van der Waals surface area (Å²) in [5.41, 5.74) is 0.559. The zero-order chi connectivity index (χ0) is 19.5. The number of carbonyl (C=O) groups is 1. The highest BCUT2D eigenvalue weighted by molar-refractivity contribution is 5.76. The third kappa shape index (κ3) is 4.34. The van der Waals surface area contributed by atoms with E-state index in [1.165, 1.54) is 31.7 Å². The highest BCUT2D eigenvalue weighted by atomic mass is 16.1. The number of nitrogens with zero attached hydrogens (tertiary/aromatic N) is 3. The molecule has 0 radical (unpaired) electrons. The van der Waals surface area contributed by atoms with E-state index in [9.17, 15) is 9.59 Å². The van der Waals surface area contributed by atoms with Gasteiger partial charge in [0.25, 0.3) is 5.56 Å². The molecule has 28 heavy (non-hydrogen) atoms. The number of aryl methyl sites for hydroxylation is 1. The lowest BCUT2D eigenvalue weighted by molar-refractivity contribution is -0.122. The maximum absolute atomic E-state index is 12.2. The van der Waals surface area contributed by atoms with Gasteiger partial charge in [-0.1, -0.05) is 12.8 Å². The van der Waals surface area contributed by atoms with Crippen molar-refractivity contribution in [3.8, 4) is 0 Å². The first-order valence-corrected chi connectivity index (χ1v) is 10.5. The fourth-order valence-corrected chi connectivity index (χ4v) is 4.54. The van der Waals surface area contributed by atoms with Gasteiger partial charge in [0.15, 0.2) is 0 Å². The molecular formula is C21H29N5O2. The molecule has 0 unspecified atom stereocenters. The number of anilines is 1. The van der Waals surface area contributed by atoms with E-state index in [0.29, 0.717) is 30.0 Å². The number of fused-ring (bicyclic) bond motifs is 1. The van der Waals surface area contributed by atoms with E-state index in [1.807, 2.05) is 0 Å². The van der Waals surface area contributed by atoms with Crippen molar-refractivity contribution in [2.75, 3.05) is 5.32 Å². The Balaban J connectivity index is 1.29. The van der Waals surface area contributed by atoms with Gasteiger partial charge in [0.2, 0.25) is 11.9 Å². The molecule has 150 valence electrons. The second kappa shape index (κ2) is 8.29. The molecule has 7 heteroatoms. The molecule has 1 amide bonds. The van der Waals surface area contributed by atoms with Crippen LogP contribution >= 0.6 is 0 Å². The molecule has 0 aliphatic heterocycles. The molecule has 0 spiro atoms. The third-order valence-electron chi connectivity index (χ3n) is 6.22. The first kappa shape index (κ1) is 18.9. The molecule has 2 aromatic heterocycles. The van der Waals surface area contributed by atoms with E-state index in [-0.39, 0.29) is 17.5 Å². The molecule has 0 aromatic carbocycles. The summed E-state index contributed by atoms with van der Waals surface area (Å²) in [5.74, 6) is 1.38. The second-order valence-corrected chi connectivity index (χ2v) is 8.32. The summed E-state index contributed by atoms with van der Waals surface area (Å²) in [6, 6.07) is 3.86. The lowest BCUT2D eigenvalue weighted by Crippen LogP contribution is -2.40. The van der Waals surface area contributed by atoms with Crippen molar-refractivity contribution in [2.24, 2.45) is 13.0 Å². The summed E-state index contributed by atoms with van der Waals surface area (Å²) in [5, 5.41) is 7.48. The van der Waals surface area contributed by atoms with Crippen molar-refractivity contribution in [3.63, 3.8) is 0 Å². The Morgan fingerprint density at radius 2 is 1.82 bits per heavy atom. The lowest BCUT2D eigenvalue weighted by Gasteiger charge is -2.30. The van der Waals surface area contributed by atoms with Crippen molar-refractivity contribution in [1.82, 2.24) is 19.9 Å². The van der Waals surface area contributed by atoms with E-state index in [0.717, 1.165) is 31.1 Å². The van der Waals surface area contributed by atoms with Crippen molar-refractivity contribution >= 4 is 22.9 Å². The van der Waals surface area contributed by atoms with Gasteiger partial charge in [-0.05, 0) is 50.5 Å². The second-order valence-electron chi connectivity index (χ2n) is 8.32. The van der Waals surface area contributed by atoms with Gasteiger partial charge in [0, 0.05) is 43.2 Å². The molecule has 0 saturated heterocycles. The molecule has 4 rings (SSSR count). The number of pyridine rings is 1. The number of aromatic nitrogens is 3. The normalized spacial score (nSPS) is 23.0. The smallest absolute Gasteiger partial charge is 0.251 e. The van der Waals surface area contributed by atoms with E-state index in [2.05, 4.69) is 20.6 Å². The zero-order valence-corrected chi connectivity index (χ0v) is 16.5. The third-order valence-corrected chi connectivity index (χ3v) is 6.22. The van der Waals surface area contributed by atoms with E-state index < -0.39 is 0 Å². The monoisotopic (exact) mass is 383 g/mol. The molecule has 0 bridgehead atoms. The van der Waals surface area contributed by atoms with E-state index >= 15 is 0 Å². The van der Waals surface area contributed by atoms with Gasteiger partial charge in [-0.25, -0.2) is 4.98 Å². The maximum atomic E-state index is 12.2. The van der Waals surface area contributed by atoms with Gasteiger partial charge in [-0.3, -0.25) is 14.2 Å². The van der Waals surface area contributed by atoms with Crippen molar-refractivity contribution in [2.45, 2.75) is 69.9 Å². The summed E-state index contributed by atoms with van der Waals surface area (Å²) in [7, 11) is 1.72. The molecule has 2 heterocycles. The van der Waals surface area contributed by atoms with Gasteiger partial charge in [-0.2, -0.15) is 4.98 Å². The Morgan fingerprint density at radius 1 is 1.11 bits per heavy atom. The van der Waals surface area contributed by atoms with Crippen molar-refractivity contribution in [1.29, 1.82) is 0 Å². The lowest BCUT2D eigenvalue weighted by atomic mass is 9.91. The Kier molecular flexibility index (Phi) is 5.59. The first-order chi connectivity index (χ1) is 13.6. The van der Waals surface area contributed by atoms with E-state index in [1.54, 1.807) is 23.9 Å². The van der Waals surface area contributed by atoms with Gasteiger partial charge in [0.1, 0.15) is 5.65 Å². The van der Waals surface area contributed by atoms with E-state index in [4.69, 9.17) is 0 Å². The standard InChI is InChI=1S/C21H29N5O2/c1-26-19(28)11-6-15-13-22-21(25-20(15)26)24-17-9-7-16(8-10-17)23-18(27)12-14-4-2-3-5-14/h6,11,13-14,16-17H,2-5,7-10,12H2,1H3,(H,23,27)(H,22,24,25). The molecule has 2 saturated carbocycles. The summed E-state index contributed by atoms with van der Waals surface area (Å²) >= 11 is 0. The fraction of sp³-hybridized carbons (Fsp3) is 0.619. The Morgan fingerprint density at radius 3 is 2.57 bits per heavy atom. The summed E-state index contributed by atoms with van der Waals surface area (Å²) in [4.78, 5) is 33.0. The summed E-state index contributed by atoms with van der Waals surface area (Å²) < 4.78 is 1.54. The number of hydrogen-bond acceptors (Lipinski definition) is 5. The summed E-state index contributed by atoms with van der Waals surface area (Å²) in [6.07, 6.45) is 11.3. The molecule has 2 N–H and O–H groups in total. The van der Waals surface area contributed by atoms with Gasteiger partial charge < -0.3 is 10.6 Å². The van der Waals surface area contributed by atoms with Crippen LogP contribution in [0, 0.1) is 5.92 Å². The number of nitrogens with one attached hydrogen (secondary N) is 2. The Bertz CT molecular complexity index is 895. The van der Waals surface area contributed by atoms with Crippen LogP contribution in [-0.4, -0.2) is 32.5 Å². The largest absolute Gasteiger partial charge is 0.353 e. The zero-order valence-electron chi connectivity index (χ0n) is 16.5. The van der Waals surface area contributed by atoms with Crippen LogP contribution in [0.3, 0.4) is 0 Å². The highest BCUT2D eigenvalue weighted by Gasteiger charge is 2.25. The quantitative estimate of drug-likeness (QED) is 0.829. The van der Waals surface area contributed by atoms with Crippen LogP contribution in [0.4, 0.5) is 5.95 Å². The SMILES string of the molecule is Cn1c(=O)ccc2cnc(NC3CCC(NC(=O)CC4CCCC4)CC3)nc21. The van der Waals surface area contributed by atoms with Gasteiger partial charge in [-0.15, -0.1) is 0 Å². The number of hydrogen-bond donors (Lipinski definition) is 2. The highest BCUT2D eigenvalue weighted by Crippen LogP contribution is 2.28. The molecule has 2 aliphatic carbocycles. The number of carbonyl (C=O) groups excluding carboxylic acids is 1. The fourth-order valence-electron chi connectivity index (χ4n) is 4.54. The van der Waals surface area contributed by atoms with Crippen LogP contribution in [0.25, 0.3) is 11.0 Å². The molecule has 0 atom stereocenters. The number of amides is 1. The molecular weight excluding hydrogens is 354 g/mol. The molecule has 2 aromatic rings. The summed E-state index contributed by atoms with van der Waals surface area (Å²) in [6.45, 7) is 0. The van der Waals surface area contributed by atoms with Crippen LogP contribution in [0.2, 0.25) is 0 Å². The minimum Gasteiger partial charge on any atom is -0.353 e. The average Bonchev–Trinajstić information content (AvgIpc) is 3.19. The number of rotatable bonds is 5. The van der Waals surface area contributed by atoms with Crippen LogP contribution in [-0.2, 0) is 11.8 Å². The van der Waals surface area contributed by atoms with Crippen LogP contribution in [0.5, 0.6) is 0 Å². The van der Waals surface area contributed by atoms with Crippen LogP contribution < -0.4 is 16.2 Å². The minimum absolute atomic E-state index is 0.0778. The first-order valence-electron chi connectivity index (χ1n) is 10.5. The van der Waals surface area contributed by atoms with Gasteiger partial charge in [0.05, 0.1) is 0 Å². The predicted octanol–water partition coefficient (Wildman–Crippen LogP) is 2.75. The van der Waals surface area contributed by atoms with Gasteiger partial charge >= 0.3 is 0 Å². The predicted molar refractivity (Wildman–Crippen MR) is 109 cm³/mol. The van der Waals surface area contributed by atoms with Crippen LogP contribution in [0.15, 0.2) is 23.1 Å². The average molecular weight is 383 g/mol. The Labute approximate surface area is 165 Å². The molecule has 2 fully saturated rings. The van der Waals surface area contributed by atoms with Crippen molar-refractivity contribution in [3.05, 3.63) is 28.7 Å². The maximum Gasteiger partial charge on any atom is 0.251 e. The molecule has 2 aliphatic rings.